The van der Waals surface area contributed by atoms with Crippen molar-refractivity contribution in [3.05, 3.63) is 82.0 Å². The molecular weight excluding hydrogens is 322 g/mol. The van der Waals surface area contributed by atoms with Gasteiger partial charge in [0, 0.05) is 17.5 Å². The fourth-order valence-electron chi connectivity index (χ4n) is 2.13. The Morgan fingerprint density at radius 3 is 2.30 bits per heavy atom. The zero-order valence-corrected chi connectivity index (χ0v) is 15.8. The van der Waals surface area contributed by atoms with Crippen LogP contribution in [0, 0.1) is 6.92 Å². The Morgan fingerprint density at radius 1 is 1.22 bits per heavy atom. The summed E-state index contributed by atoms with van der Waals surface area (Å²) in [6.45, 7) is 12.1. The lowest BCUT2D eigenvalue weighted by Gasteiger charge is -2.29. The largest absolute Gasteiger partial charge is 0.298 e. The number of aryl methyl sites for hydroxylation is 1. The van der Waals surface area contributed by atoms with Crippen molar-refractivity contribution in [2.45, 2.75) is 32.9 Å². The first kappa shape index (κ1) is 19.7. The minimum atomic E-state index is 0.656. The first-order chi connectivity index (χ1) is 11.0. The third kappa shape index (κ3) is 7.17. The number of hydrogen-bond donors (Lipinski definition) is 0. The molecule has 1 aliphatic heterocycles. The molecule has 1 unspecified atom stereocenters. The van der Waals surface area contributed by atoms with Crippen molar-refractivity contribution in [2.75, 3.05) is 7.05 Å². The molecule has 0 aliphatic carbocycles. The van der Waals surface area contributed by atoms with Crippen LogP contribution in [0.4, 0.5) is 0 Å². The van der Waals surface area contributed by atoms with Crippen LogP contribution in [0.3, 0.4) is 0 Å². The summed E-state index contributed by atoms with van der Waals surface area (Å²) in [6.07, 6.45) is 4.43. The molecule has 1 aliphatic rings. The van der Waals surface area contributed by atoms with E-state index in [2.05, 4.69) is 57.2 Å². The Bertz CT molecular complexity index is 570. The zero-order chi connectivity index (χ0) is 17.2. The lowest BCUT2D eigenvalue weighted by Crippen LogP contribution is -2.34. The zero-order valence-electron chi connectivity index (χ0n) is 14.3. The Labute approximate surface area is 149 Å². The number of benzene rings is 1. The maximum atomic E-state index is 5.95. The fourth-order valence-corrected chi connectivity index (χ4v) is 3.52. The number of nitrogens with zero attached hydrogens (tertiary/aromatic N) is 1. The van der Waals surface area contributed by atoms with Crippen molar-refractivity contribution in [3.8, 4) is 0 Å². The second-order valence-electron chi connectivity index (χ2n) is 5.59. The summed E-state index contributed by atoms with van der Waals surface area (Å²) in [5.74, 6) is 0. The Kier molecular flexibility index (Phi) is 8.93. The normalized spacial score (nSPS) is 16.1. The van der Waals surface area contributed by atoms with Crippen LogP contribution in [-0.4, -0.2) is 18.0 Å². The summed E-state index contributed by atoms with van der Waals surface area (Å²) in [5, 5.41) is 0. The van der Waals surface area contributed by atoms with Crippen LogP contribution < -0.4 is 0 Å². The Balaban J connectivity index is 0.000000204. The molecular formula is C20H26ClNS. The molecule has 0 fully saturated rings. The summed E-state index contributed by atoms with van der Waals surface area (Å²) >= 11 is 7.67. The first-order valence-corrected chi connectivity index (χ1v) is 8.89. The van der Waals surface area contributed by atoms with Crippen LogP contribution in [0.1, 0.15) is 22.9 Å². The monoisotopic (exact) mass is 347 g/mol. The molecule has 23 heavy (non-hydrogen) atoms. The average molecular weight is 348 g/mol. The molecule has 0 spiro atoms. The molecule has 3 heteroatoms. The van der Waals surface area contributed by atoms with Crippen molar-refractivity contribution in [1.29, 1.82) is 0 Å². The van der Waals surface area contributed by atoms with E-state index in [1.165, 1.54) is 16.0 Å². The minimum absolute atomic E-state index is 0.656. The second kappa shape index (κ2) is 10.4. The minimum Gasteiger partial charge on any atom is -0.298 e. The SMILES string of the molecule is C=CC=C.CC1Cc2cc(Cl)sc2CN1C.Cc1ccccc1. The molecule has 0 bridgehead atoms. The van der Waals surface area contributed by atoms with Gasteiger partial charge in [-0.25, -0.2) is 0 Å². The van der Waals surface area contributed by atoms with Gasteiger partial charge in [0.2, 0.25) is 0 Å². The molecule has 1 nitrogen and oxygen atoms in total. The van der Waals surface area contributed by atoms with Crippen molar-refractivity contribution >= 4 is 22.9 Å². The van der Waals surface area contributed by atoms with E-state index in [0.29, 0.717) is 6.04 Å². The highest BCUT2D eigenvalue weighted by atomic mass is 35.5. The smallest absolute Gasteiger partial charge is 0.0934 e. The molecule has 3 rings (SSSR count). The summed E-state index contributed by atoms with van der Waals surface area (Å²) in [5.41, 5.74) is 2.78. The van der Waals surface area contributed by atoms with Crippen LogP contribution in [-0.2, 0) is 13.0 Å². The third-order valence-electron chi connectivity index (χ3n) is 3.63. The summed E-state index contributed by atoms with van der Waals surface area (Å²) in [6, 6.07) is 13.0. The van der Waals surface area contributed by atoms with Gasteiger partial charge in [-0.15, -0.1) is 11.3 Å². The number of rotatable bonds is 1. The van der Waals surface area contributed by atoms with Crippen molar-refractivity contribution in [3.63, 3.8) is 0 Å². The lowest BCUT2D eigenvalue weighted by molar-refractivity contribution is 0.234. The van der Waals surface area contributed by atoms with Gasteiger partial charge in [-0.2, -0.15) is 0 Å². The number of halogens is 1. The predicted molar refractivity (Wildman–Crippen MR) is 106 cm³/mol. The molecule has 2 heterocycles. The number of likely N-dealkylation sites (N-methyl/N-ethyl adjacent to an activating group) is 1. The fraction of sp³-hybridized carbons (Fsp3) is 0.300. The van der Waals surface area contributed by atoms with Crippen molar-refractivity contribution in [1.82, 2.24) is 4.90 Å². The highest BCUT2D eigenvalue weighted by Gasteiger charge is 2.21. The molecule has 1 aromatic heterocycles. The lowest BCUT2D eigenvalue weighted by atomic mass is 10.0. The van der Waals surface area contributed by atoms with E-state index in [0.717, 1.165) is 17.3 Å². The van der Waals surface area contributed by atoms with E-state index in [4.69, 9.17) is 11.6 Å². The van der Waals surface area contributed by atoms with Crippen molar-refractivity contribution < 1.29 is 0 Å². The predicted octanol–water partition coefficient (Wildman–Crippen LogP) is 6.13. The van der Waals surface area contributed by atoms with Gasteiger partial charge in [-0.3, -0.25) is 4.90 Å². The highest BCUT2D eigenvalue weighted by molar-refractivity contribution is 7.16. The number of fused-ring (bicyclic) bond motifs is 1. The first-order valence-electron chi connectivity index (χ1n) is 7.70. The second-order valence-corrected chi connectivity index (χ2v) is 7.36. The third-order valence-corrected chi connectivity index (χ3v) is 4.93. The van der Waals surface area contributed by atoms with Crippen LogP contribution in [0.2, 0.25) is 4.34 Å². The molecule has 0 amide bonds. The molecule has 0 N–H and O–H groups in total. The Morgan fingerprint density at radius 2 is 1.83 bits per heavy atom. The van der Waals surface area contributed by atoms with Crippen LogP contribution in [0.15, 0.2) is 61.7 Å². The Hall–Kier alpha value is -1.35. The van der Waals surface area contributed by atoms with Gasteiger partial charge in [0.25, 0.3) is 0 Å². The van der Waals surface area contributed by atoms with Crippen molar-refractivity contribution in [2.24, 2.45) is 0 Å². The maximum Gasteiger partial charge on any atom is 0.0934 e. The molecule has 0 radical (unpaired) electrons. The van der Waals surface area contributed by atoms with Gasteiger partial charge >= 0.3 is 0 Å². The molecule has 0 saturated heterocycles. The standard InChI is InChI=1S/C9H12ClNS.C7H8.C4H6/c1-6-3-7-4-9(10)12-8(7)5-11(6)2;1-7-5-3-2-4-6-7;1-3-4-2/h4,6H,3,5H2,1-2H3;2-6H,1H3;3-4H,1-2H2. The van der Waals surface area contributed by atoms with Crippen LogP contribution in [0.25, 0.3) is 0 Å². The van der Waals surface area contributed by atoms with E-state index in [1.54, 1.807) is 23.5 Å². The molecule has 1 atom stereocenters. The molecule has 0 saturated carbocycles. The van der Waals surface area contributed by atoms with Crippen LogP contribution >= 0.6 is 22.9 Å². The van der Waals surface area contributed by atoms with E-state index >= 15 is 0 Å². The summed E-state index contributed by atoms with van der Waals surface area (Å²) < 4.78 is 0.933. The van der Waals surface area contributed by atoms with Gasteiger partial charge < -0.3 is 0 Å². The highest BCUT2D eigenvalue weighted by Crippen LogP contribution is 2.32. The number of thiophene rings is 1. The average Bonchev–Trinajstić information content (AvgIpc) is 2.88. The van der Waals surface area contributed by atoms with Gasteiger partial charge in [-0.1, -0.05) is 72.8 Å². The van der Waals surface area contributed by atoms with Gasteiger partial charge in [0.15, 0.2) is 0 Å². The van der Waals surface area contributed by atoms with E-state index < -0.39 is 0 Å². The summed E-state index contributed by atoms with van der Waals surface area (Å²) in [7, 11) is 2.17. The quantitative estimate of drug-likeness (QED) is 0.561. The molecule has 124 valence electrons. The van der Waals surface area contributed by atoms with E-state index in [9.17, 15) is 0 Å². The summed E-state index contributed by atoms with van der Waals surface area (Å²) in [4.78, 5) is 3.82. The van der Waals surface area contributed by atoms with E-state index in [1.807, 2.05) is 18.2 Å². The molecule has 2 aromatic rings. The molecule has 1 aromatic carbocycles. The van der Waals surface area contributed by atoms with Gasteiger partial charge in [-0.05, 0) is 38.9 Å². The maximum absolute atomic E-state index is 5.95. The van der Waals surface area contributed by atoms with E-state index in [-0.39, 0.29) is 0 Å². The number of hydrogen-bond acceptors (Lipinski definition) is 2. The topological polar surface area (TPSA) is 3.24 Å². The van der Waals surface area contributed by atoms with Crippen LogP contribution in [0.5, 0.6) is 0 Å². The van der Waals surface area contributed by atoms with Gasteiger partial charge in [0.05, 0.1) is 4.34 Å². The van der Waals surface area contributed by atoms with Gasteiger partial charge in [0.1, 0.15) is 0 Å². The number of allylic oxidation sites excluding steroid dienone is 2.